The number of guanidine groups is 1. The molecular weight excluding hydrogens is 389 g/mol. The van der Waals surface area contributed by atoms with Crippen molar-refractivity contribution < 1.29 is 4.74 Å². The number of aliphatic imine (C=N–C) groups is 1. The van der Waals surface area contributed by atoms with Crippen LogP contribution in [-0.2, 0) is 6.54 Å². The van der Waals surface area contributed by atoms with Gasteiger partial charge < -0.3 is 15.0 Å². The Morgan fingerprint density at radius 1 is 1.36 bits per heavy atom. The maximum absolute atomic E-state index is 5.19. The van der Waals surface area contributed by atoms with Crippen molar-refractivity contribution in [2.75, 3.05) is 21.2 Å². The highest BCUT2D eigenvalue weighted by molar-refractivity contribution is 14.0. The van der Waals surface area contributed by atoms with E-state index in [4.69, 9.17) is 4.74 Å². The molecule has 0 aromatic heterocycles. The van der Waals surface area contributed by atoms with Gasteiger partial charge in [0.25, 0.3) is 0 Å². The van der Waals surface area contributed by atoms with Crippen molar-refractivity contribution in [3.8, 4) is 5.75 Å². The number of hydrogen-bond donors (Lipinski definition) is 1. The van der Waals surface area contributed by atoms with Crippen LogP contribution in [0.5, 0.6) is 5.75 Å². The number of rotatable bonds is 6. The van der Waals surface area contributed by atoms with E-state index in [1.165, 1.54) is 24.8 Å². The second kappa shape index (κ2) is 9.22. The molecule has 1 saturated carbocycles. The molecule has 0 saturated heterocycles. The summed E-state index contributed by atoms with van der Waals surface area (Å²) in [5.41, 5.74) is 1.25. The summed E-state index contributed by atoms with van der Waals surface area (Å²) < 4.78 is 5.19. The molecule has 1 N–H and O–H groups in total. The minimum absolute atomic E-state index is 0. The van der Waals surface area contributed by atoms with Crippen LogP contribution < -0.4 is 10.1 Å². The van der Waals surface area contributed by atoms with Crippen molar-refractivity contribution in [2.24, 2.45) is 10.9 Å². The molecule has 2 rings (SSSR count). The predicted octanol–water partition coefficient (Wildman–Crippen LogP) is 3.51. The Hall–Kier alpha value is -0.980. The Balaban J connectivity index is 0.00000242. The van der Waals surface area contributed by atoms with Crippen LogP contribution in [0.4, 0.5) is 0 Å². The van der Waals surface area contributed by atoms with E-state index < -0.39 is 0 Å². The lowest BCUT2D eigenvalue weighted by molar-refractivity contribution is 0.414. The van der Waals surface area contributed by atoms with Gasteiger partial charge in [0.05, 0.1) is 7.11 Å². The molecule has 4 nitrogen and oxygen atoms in total. The van der Waals surface area contributed by atoms with Crippen molar-refractivity contribution in [1.29, 1.82) is 0 Å². The van der Waals surface area contributed by atoms with Gasteiger partial charge in [0.1, 0.15) is 5.75 Å². The minimum Gasteiger partial charge on any atom is -0.497 e. The summed E-state index contributed by atoms with van der Waals surface area (Å²) in [5.74, 6) is 2.71. The standard InChI is InChI=1S/C17H27N3O.HI/c1-5-6-14-11-16(14)19-17(18-2)20(3)12-13-7-9-15(21-4)10-8-13;/h7-10,14,16H,5-6,11-12H2,1-4H3,(H,18,19);1H. The monoisotopic (exact) mass is 417 g/mol. The van der Waals surface area contributed by atoms with E-state index in [9.17, 15) is 0 Å². The molecule has 2 atom stereocenters. The Kier molecular flexibility index (Phi) is 8.00. The number of halogens is 1. The summed E-state index contributed by atoms with van der Waals surface area (Å²) in [6.45, 7) is 3.09. The molecular formula is C17H28IN3O. The molecule has 124 valence electrons. The maximum Gasteiger partial charge on any atom is 0.193 e. The Morgan fingerprint density at radius 2 is 2.05 bits per heavy atom. The fourth-order valence-corrected chi connectivity index (χ4v) is 2.71. The van der Waals surface area contributed by atoms with E-state index in [2.05, 4.69) is 41.3 Å². The molecule has 2 unspecified atom stereocenters. The number of methoxy groups -OCH3 is 1. The number of nitrogens with zero attached hydrogens (tertiary/aromatic N) is 2. The fourth-order valence-electron chi connectivity index (χ4n) is 2.71. The van der Waals surface area contributed by atoms with Crippen LogP contribution in [0.15, 0.2) is 29.3 Å². The van der Waals surface area contributed by atoms with Gasteiger partial charge in [0, 0.05) is 26.7 Å². The number of hydrogen-bond acceptors (Lipinski definition) is 2. The highest BCUT2D eigenvalue weighted by Crippen LogP contribution is 2.34. The van der Waals surface area contributed by atoms with Crippen LogP contribution in [-0.4, -0.2) is 38.1 Å². The summed E-state index contributed by atoms with van der Waals surface area (Å²) in [6.07, 6.45) is 3.86. The van der Waals surface area contributed by atoms with Crippen LogP contribution >= 0.6 is 24.0 Å². The van der Waals surface area contributed by atoms with Gasteiger partial charge >= 0.3 is 0 Å². The predicted molar refractivity (Wildman–Crippen MR) is 103 cm³/mol. The molecule has 0 radical (unpaired) electrons. The van der Waals surface area contributed by atoms with E-state index in [0.717, 1.165) is 24.2 Å². The molecule has 1 fully saturated rings. The Bertz CT molecular complexity index is 475. The van der Waals surface area contributed by atoms with Crippen LogP contribution in [0.2, 0.25) is 0 Å². The number of ether oxygens (including phenoxy) is 1. The molecule has 22 heavy (non-hydrogen) atoms. The SMILES string of the molecule is CCCC1CC1NC(=NC)N(C)Cc1ccc(OC)cc1.I. The number of benzene rings is 1. The third-order valence-corrected chi connectivity index (χ3v) is 4.05. The zero-order valence-corrected chi connectivity index (χ0v) is 16.3. The van der Waals surface area contributed by atoms with Crippen LogP contribution in [0.3, 0.4) is 0 Å². The molecule has 1 aliphatic rings. The van der Waals surface area contributed by atoms with Gasteiger partial charge in [-0.1, -0.05) is 25.5 Å². The average Bonchev–Trinajstić information content (AvgIpc) is 3.23. The first-order valence-corrected chi connectivity index (χ1v) is 7.75. The summed E-state index contributed by atoms with van der Waals surface area (Å²) in [7, 11) is 5.62. The van der Waals surface area contributed by atoms with Gasteiger partial charge in [-0.25, -0.2) is 0 Å². The largest absolute Gasteiger partial charge is 0.497 e. The Labute approximate surface area is 151 Å². The van der Waals surface area contributed by atoms with Crippen LogP contribution in [0, 0.1) is 5.92 Å². The van der Waals surface area contributed by atoms with Gasteiger partial charge in [-0.15, -0.1) is 24.0 Å². The second-order valence-corrected chi connectivity index (χ2v) is 5.79. The van der Waals surface area contributed by atoms with E-state index >= 15 is 0 Å². The van der Waals surface area contributed by atoms with Crippen molar-refractivity contribution in [2.45, 2.75) is 38.8 Å². The molecule has 1 aromatic rings. The smallest absolute Gasteiger partial charge is 0.193 e. The first-order valence-electron chi connectivity index (χ1n) is 7.75. The quantitative estimate of drug-likeness (QED) is 0.437. The lowest BCUT2D eigenvalue weighted by Crippen LogP contribution is -2.40. The first kappa shape index (κ1) is 19.1. The van der Waals surface area contributed by atoms with Crippen molar-refractivity contribution in [1.82, 2.24) is 10.2 Å². The minimum atomic E-state index is 0. The van der Waals surface area contributed by atoms with Crippen molar-refractivity contribution in [3.05, 3.63) is 29.8 Å². The summed E-state index contributed by atoms with van der Waals surface area (Å²) in [4.78, 5) is 6.57. The van der Waals surface area contributed by atoms with Gasteiger partial charge in [-0.2, -0.15) is 0 Å². The second-order valence-electron chi connectivity index (χ2n) is 5.79. The molecule has 1 aliphatic carbocycles. The third kappa shape index (κ3) is 5.34. The molecule has 0 amide bonds. The van der Waals surface area contributed by atoms with Gasteiger partial charge in [-0.05, 0) is 36.5 Å². The highest BCUT2D eigenvalue weighted by Gasteiger charge is 2.36. The fraction of sp³-hybridized carbons (Fsp3) is 0.588. The summed E-state index contributed by atoms with van der Waals surface area (Å²) >= 11 is 0. The average molecular weight is 417 g/mol. The van der Waals surface area contributed by atoms with E-state index in [1.54, 1.807) is 7.11 Å². The van der Waals surface area contributed by atoms with E-state index in [1.807, 2.05) is 19.2 Å². The molecule has 1 aromatic carbocycles. The normalized spacial score (nSPS) is 20.1. The van der Waals surface area contributed by atoms with Crippen LogP contribution in [0.25, 0.3) is 0 Å². The highest BCUT2D eigenvalue weighted by atomic mass is 127. The zero-order valence-electron chi connectivity index (χ0n) is 14.0. The van der Waals surface area contributed by atoms with Gasteiger partial charge in [0.15, 0.2) is 5.96 Å². The van der Waals surface area contributed by atoms with Gasteiger partial charge in [0.2, 0.25) is 0 Å². The van der Waals surface area contributed by atoms with Crippen molar-refractivity contribution in [3.63, 3.8) is 0 Å². The summed E-state index contributed by atoms with van der Waals surface area (Å²) in [5, 5.41) is 3.57. The number of nitrogens with one attached hydrogen (secondary N) is 1. The summed E-state index contributed by atoms with van der Waals surface area (Å²) in [6, 6.07) is 8.80. The van der Waals surface area contributed by atoms with E-state index in [0.29, 0.717) is 6.04 Å². The van der Waals surface area contributed by atoms with E-state index in [-0.39, 0.29) is 24.0 Å². The lowest BCUT2D eigenvalue weighted by Gasteiger charge is -2.22. The van der Waals surface area contributed by atoms with Gasteiger partial charge in [-0.3, -0.25) is 4.99 Å². The Morgan fingerprint density at radius 3 is 2.59 bits per heavy atom. The third-order valence-electron chi connectivity index (χ3n) is 4.05. The van der Waals surface area contributed by atoms with Crippen LogP contribution in [0.1, 0.15) is 31.7 Å². The van der Waals surface area contributed by atoms with Crippen molar-refractivity contribution >= 4 is 29.9 Å². The zero-order chi connectivity index (χ0) is 15.2. The molecule has 0 aliphatic heterocycles. The molecule has 0 spiro atoms. The molecule has 0 bridgehead atoms. The first-order chi connectivity index (χ1) is 10.2. The lowest BCUT2D eigenvalue weighted by atomic mass is 10.2. The molecule has 5 heteroatoms. The topological polar surface area (TPSA) is 36.9 Å². The maximum atomic E-state index is 5.19. The molecule has 0 heterocycles.